The van der Waals surface area contributed by atoms with Crippen molar-refractivity contribution in [1.29, 1.82) is 0 Å². The molecule has 1 aromatic rings. The Hall–Kier alpha value is -0.760. The molecule has 1 heterocycles. The van der Waals surface area contributed by atoms with Crippen molar-refractivity contribution < 1.29 is 13.2 Å². The van der Waals surface area contributed by atoms with Crippen LogP contribution in [0.3, 0.4) is 0 Å². The molecule has 1 aromatic carbocycles. The molecular weight excluding hydrogens is 308 g/mol. The molecule has 1 aliphatic heterocycles. The third-order valence-corrected chi connectivity index (χ3v) is 4.84. The lowest BCUT2D eigenvalue weighted by Crippen LogP contribution is -2.30. The van der Waals surface area contributed by atoms with Gasteiger partial charge in [0.1, 0.15) is 6.29 Å². The van der Waals surface area contributed by atoms with Crippen molar-refractivity contribution in [3.05, 3.63) is 34.3 Å². The highest BCUT2D eigenvalue weighted by Gasteiger charge is 2.35. The van der Waals surface area contributed by atoms with E-state index in [4.69, 9.17) is 0 Å². The Bertz CT molecular complexity index is 532. The number of hydrogen-bond acceptors (Lipinski definition) is 3. The Kier molecular flexibility index (Phi) is 3.62. The van der Waals surface area contributed by atoms with Gasteiger partial charge in [0, 0.05) is 17.6 Å². The molecule has 17 heavy (non-hydrogen) atoms. The maximum Gasteiger partial charge on any atom is 0.280 e. The molecule has 5 nitrogen and oxygen atoms in total. The number of hydrogen-bond donors (Lipinski definition) is 1. The van der Waals surface area contributed by atoms with Crippen LogP contribution in [0, 0.1) is 0 Å². The van der Waals surface area contributed by atoms with Crippen molar-refractivity contribution >= 4 is 32.4 Å². The largest absolute Gasteiger partial charge is 0.302 e. The van der Waals surface area contributed by atoms with E-state index in [1.54, 1.807) is 0 Å². The van der Waals surface area contributed by atoms with Gasteiger partial charge in [0.15, 0.2) is 0 Å². The molecule has 0 saturated carbocycles. The van der Waals surface area contributed by atoms with Gasteiger partial charge in [-0.3, -0.25) is 0 Å². The van der Waals surface area contributed by atoms with Gasteiger partial charge in [-0.15, -0.1) is 0 Å². The Morgan fingerprint density at radius 2 is 2.18 bits per heavy atom. The summed E-state index contributed by atoms with van der Waals surface area (Å²) >= 11 is 3.36. The van der Waals surface area contributed by atoms with Crippen LogP contribution >= 0.6 is 15.9 Å². The van der Waals surface area contributed by atoms with Gasteiger partial charge in [-0.2, -0.15) is 17.4 Å². The Morgan fingerprint density at radius 1 is 1.47 bits per heavy atom. The van der Waals surface area contributed by atoms with Gasteiger partial charge in [-0.05, 0) is 11.6 Å². The Labute approximate surface area is 108 Å². The van der Waals surface area contributed by atoms with Crippen LogP contribution in [-0.2, 0) is 21.5 Å². The average Bonchev–Trinajstić information content (AvgIpc) is 2.57. The number of nitrogens with zero attached hydrogens (tertiary/aromatic N) is 1. The van der Waals surface area contributed by atoms with E-state index < -0.39 is 16.3 Å². The number of rotatable bonds is 3. The molecule has 0 radical (unpaired) electrons. The quantitative estimate of drug-likeness (QED) is 0.833. The Balaban J connectivity index is 2.20. The van der Waals surface area contributed by atoms with Crippen molar-refractivity contribution in [3.63, 3.8) is 0 Å². The molecule has 1 atom stereocenters. The number of halogens is 1. The van der Waals surface area contributed by atoms with Gasteiger partial charge in [-0.1, -0.05) is 34.1 Å². The van der Waals surface area contributed by atoms with E-state index in [2.05, 4.69) is 20.7 Å². The number of benzene rings is 1. The fraction of sp³-hybridized carbons (Fsp3) is 0.300. The zero-order chi connectivity index (χ0) is 12.5. The van der Waals surface area contributed by atoms with E-state index in [0.717, 1.165) is 10.0 Å². The fourth-order valence-corrected chi connectivity index (χ4v) is 3.40. The van der Waals surface area contributed by atoms with Crippen LogP contribution in [0.5, 0.6) is 0 Å². The summed E-state index contributed by atoms with van der Waals surface area (Å²) in [4.78, 5) is 10.6. The molecule has 1 N–H and O–H groups in total. The predicted molar refractivity (Wildman–Crippen MR) is 66.5 cm³/mol. The van der Waals surface area contributed by atoms with Gasteiger partial charge < -0.3 is 4.79 Å². The van der Waals surface area contributed by atoms with Crippen LogP contribution in [0.15, 0.2) is 28.7 Å². The maximum atomic E-state index is 11.7. The summed E-state index contributed by atoms with van der Waals surface area (Å²) in [7, 11) is -3.53. The molecule has 0 bridgehead atoms. The molecule has 2 rings (SSSR count). The van der Waals surface area contributed by atoms with Crippen molar-refractivity contribution in [2.45, 2.75) is 12.6 Å². The van der Waals surface area contributed by atoms with Gasteiger partial charge >= 0.3 is 0 Å². The van der Waals surface area contributed by atoms with Gasteiger partial charge in [-0.25, -0.2) is 0 Å². The molecule has 1 saturated heterocycles. The first-order valence-corrected chi connectivity index (χ1v) is 7.22. The SMILES string of the molecule is O=CC1CN(Cc2ccccc2Br)S(=O)(=O)N1. The van der Waals surface area contributed by atoms with E-state index in [0.29, 0.717) is 6.29 Å². The van der Waals surface area contributed by atoms with E-state index in [-0.39, 0.29) is 13.1 Å². The molecule has 0 aromatic heterocycles. The highest BCUT2D eigenvalue weighted by Crippen LogP contribution is 2.20. The standard InChI is InChI=1S/C10H11BrN2O3S/c11-10-4-2-1-3-8(10)5-13-6-9(7-14)12-17(13,15)16/h1-4,7,9,12H,5-6H2. The molecule has 7 heteroatoms. The van der Waals surface area contributed by atoms with Crippen LogP contribution in [0.1, 0.15) is 5.56 Å². The zero-order valence-electron chi connectivity index (χ0n) is 8.84. The van der Waals surface area contributed by atoms with Crippen LogP contribution in [0.2, 0.25) is 0 Å². The molecule has 1 aliphatic rings. The third-order valence-electron chi connectivity index (χ3n) is 2.51. The molecule has 0 spiro atoms. The third kappa shape index (κ3) is 2.74. The molecule has 0 amide bonds. The second-order valence-electron chi connectivity index (χ2n) is 3.75. The highest BCUT2D eigenvalue weighted by molar-refractivity contribution is 9.10. The lowest BCUT2D eigenvalue weighted by molar-refractivity contribution is -0.109. The van der Waals surface area contributed by atoms with Gasteiger partial charge in [0.05, 0.1) is 6.04 Å². The van der Waals surface area contributed by atoms with E-state index in [9.17, 15) is 13.2 Å². The lowest BCUT2D eigenvalue weighted by Gasteiger charge is -2.14. The highest BCUT2D eigenvalue weighted by atomic mass is 79.9. The summed E-state index contributed by atoms with van der Waals surface area (Å²) in [6.45, 7) is 0.425. The number of nitrogens with one attached hydrogen (secondary N) is 1. The molecule has 0 aliphatic carbocycles. The number of aldehydes is 1. The summed E-state index contributed by atoms with van der Waals surface area (Å²) < 4.78 is 27.8. The zero-order valence-corrected chi connectivity index (χ0v) is 11.2. The van der Waals surface area contributed by atoms with Crippen molar-refractivity contribution in [2.75, 3.05) is 6.54 Å². The molecule has 92 valence electrons. The minimum atomic E-state index is -3.53. The minimum absolute atomic E-state index is 0.174. The number of carbonyl (C=O) groups is 1. The van der Waals surface area contributed by atoms with Crippen molar-refractivity contribution in [1.82, 2.24) is 9.03 Å². The first-order chi connectivity index (χ1) is 8.03. The normalized spacial score (nSPS) is 23.7. The fourth-order valence-electron chi connectivity index (χ4n) is 1.66. The lowest BCUT2D eigenvalue weighted by atomic mass is 10.2. The maximum absolute atomic E-state index is 11.7. The predicted octanol–water partition coefficient (Wildman–Crippen LogP) is 0.667. The average molecular weight is 319 g/mol. The second kappa shape index (κ2) is 4.85. The van der Waals surface area contributed by atoms with Crippen molar-refractivity contribution in [2.24, 2.45) is 0 Å². The second-order valence-corrected chi connectivity index (χ2v) is 6.31. The summed E-state index contributed by atoms with van der Waals surface area (Å²) in [5, 5.41) is 0. The van der Waals surface area contributed by atoms with Crippen LogP contribution in [0.4, 0.5) is 0 Å². The summed E-state index contributed by atoms with van der Waals surface area (Å²) in [5.41, 5.74) is 0.865. The summed E-state index contributed by atoms with van der Waals surface area (Å²) in [5.74, 6) is 0. The van der Waals surface area contributed by atoms with E-state index in [1.807, 2.05) is 24.3 Å². The number of carbonyl (C=O) groups excluding carboxylic acids is 1. The van der Waals surface area contributed by atoms with Gasteiger partial charge in [0.25, 0.3) is 10.2 Å². The van der Waals surface area contributed by atoms with Crippen molar-refractivity contribution in [3.8, 4) is 0 Å². The van der Waals surface area contributed by atoms with Gasteiger partial charge in [0.2, 0.25) is 0 Å². The first-order valence-electron chi connectivity index (χ1n) is 4.99. The molecule has 1 unspecified atom stereocenters. The molecule has 1 fully saturated rings. The Morgan fingerprint density at radius 3 is 2.76 bits per heavy atom. The summed E-state index contributed by atoms with van der Waals surface area (Å²) in [6.07, 6.45) is 0.609. The minimum Gasteiger partial charge on any atom is -0.302 e. The summed E-state index contributed by atoms with van der Waals surface area (Å²) in [6, 6.07) is 6.74. The van der Waals surface area contributed by atoms with Crippen LogP contribution in [0.25, 0.3) is 0 Å². The molecular formula is C10H11BrN2O3S. The van der Waals surface area contributed by atoms with E-state index in [1.165, 1.54) is 4.31 Å². The van der Waals surface area contributed by atoms with E-state index >= 15 is 0 Å². The van der Waals surface area contributed by atoms with Crippen LogP contribution in [-0.4, -0.2) is 31.6 Å². The van der Waals surface area contributed by atoms with Crippen LogP contribution < -0.4 is 4.72 Å². The topological polar surface area (TPSA) is 66.5 Å². The first kappa shape index (κ1) is 12.7. The monoisotopic (exact) mass is 318 g/mol. The smallest absolute Gasteiger partial charge is 0.280 e.